The largest absolute Gasteiger partial charge is 0.478 e. The molecule has 180 valence electrons. The number of rotatable bonds is 6. The minimum Gasteiger partial charge on any atom is -0.478 e. The van der Waals surface area contributed by atoms with E-state index in [2.05, 4.69) is 32.5 Å². The van der Waals surface area contributed by atoms with Crippen LogP contribution in [-0.4, -0.2) is 31.5 Å². The third kappa shape index (κ3) is 4.58. The van der Waals surface area contributed by atoms with Crippen LogP contribution in [0.3, 0.4) is 0 Å². The zero-order valence-corrected chi connectivity index (χ0v) is 21.9. The number of benzene rings is 2. The fraction of sp³-hybridized carbons (Fsp3) is 0.259. The summed E-state index contributed by atoms with van der Waals surface area (Å²) < 4.78 is 4.28. The first kappa shape index (κ1) is 24.6. The molecule has 2 heterocycles. The summed E-state index contributed by atoms with van der Waals surface area (Å²) in [4.78, 5) is 29.5. The molecule has 1 N–H and O–H groups in total. The van der Waals surface area contributed by atoms with Gasteiger partial charge in [0, 0.05) is 33.0 Å². The van der Waals surface area contributed by atoms with Gasteiger partial charge in [-0.05, 0) is 75.2 Å². The summed E-state index contributed by atoms with van der Waals surface area (Å²) in [7, 11) is 0. The van der Waals surface area contributed by atoms with Crippen molar-refractivity contribution in [2.75, 3.05) is 0 Å². The molecule has 0 spiro atoms. The van der Waals surface area contributed by atoms with Gasteiger partial charge in [0.25, 0.3) is 5.56 Å². The van der Waals surface area contributed by atoms with Crippen LogP contribution in [0.1, 0.15) is 64.9 Å². The molecule has 0 aliphatic rings. The minimum atomic E-state index is -0.952. The summed E-state index contributed by atoms with van der Waals surface area (Å²) >= 11 is 3.44. The monoisotopic (exact) mass is 534 g/mol. The van der Waals surface area contributed by atoms with Gasteiger partial charge in [0.1, 0.15) is 5.82 Å². The van der Waals surface area contributed by atoms with Crippen molar-refractivity contribution in [3.05, 3.63) is 91.2 Å². The molecule has 0 aliphatic heterocycles. The lowest BCUT2D eigenvalue weighted by atomic mass is 10.1. The summed E-state index contributed by atoms with van der Waals surface area (Å²) in [6.45, 7) is 9.95. The second kappa shape index (κ2) is 9.62. The quantitative estimate of drug-likeness (QED) is 0.308. The van der Waals surface area contributed by atoms with Gasteiger partial charge in [-0.2, -0.15) is 9.78 Å². The van der Waals surface area contributed by atoms with Gasteiger partial charge < -0.3 is 9.67 Å². The molecular weight excluding hydrogens is 508 g/mol. The van der Waals surface area contributed by atoms with E-state index in [9.17, 15) is 14.7 Å². The zero-order chi connectivity index (χ0) is 25.4. The first-order valence-corrected chi connectivity index (χ1v) is 12.2. The number of hydrogen-bond acceptors (Lipinski definition) is 4. The average Bonchev–Trinajstić information content (AvgIpc) is 3.10. The minimum absolute atomic E-state index is 0.0516. The first-order valence-electron chi connectivity index (χ1n) is 11.4. The van der Waals surface area contributed by atoms with Gasteiger partial charge >= 0.3 is 5.97 Å². The Morgan fingerprint density at radius 1 is 1.17 bits per heavy atom. The average molecular weight is 535 g/mol. The molecule has 8 heteroatoms. The topological polar surface area (TPSA) is 89.5 Å². The predicted molar refractivity (Wildman–Crippen MR) is 142 cm³/mol. The Bertz CT molecular complexity index is 1550. The fourth-order valence-corrected chi connectivity index (χ4v) is 4.59. The lowest BCUT2D eigenvalue weighted by molar-refractivity contribution is 0.0697. The molecule has 0 unspecified atom stereocenters. The van der Waals surface area contributed by atoms with Crippen molar-refractivity contribution in [3.8, 4) is 5.69 Å². The first-order chi connectivity index (χ1) is 16.6. The van der Waals surface area contributed by atoms with E-state index < -0.39 is 5.97 Å². The molecule has 0 aliphatic carbocycles. The van der Waals surface area contributed by atoms with Crippen molar-refractivity contribution in [1.82, 2.24) is 14.2 Å². The molecular formula is C27H27BrN4O3. The number of carboxylic acid groups (broad SMARTS) is 1. The smallest absolute Gasteiger partial charge is 0.335 e. The number of carboxylic acids is 1. The van der Waals surface area contributed by atoms with Crippen molar-refractivity contribution in [2.24, 2.45) is 5.10 Å². The Labute approximate surface area is 211 Å². The highest BCUT2D eigenvalue weighted by Gasteiger charge is 2.17. The maximum atomic E-state index is 13.4. The van der Waals surface area contributed by atoms with Gasteiger partial charge in [-0.25, -0.2) is 9.78 Å². The summed E-state index contributed by atoms with van der Waals surface area (Å²) in [5.74, 6) is -0.278. The van der Waals surface area contributed by atoms with Crippen LogP contribution in [0.25, 0.3) is 16.6 Å². The van der Waals surface area contributed by atoms with Gasteiger partial charge in [0.15, 0.2) is 0 Å². The van der Waals surface area contributed by atoms with Crippen LogP contribution in [0, 0.1) is 20.8 Å². The molecule has 7 nitrogen and oxygen atoms in total. The summed E-state index contributed by atoms with van der Waals surface area (Å²) in [5.41, 5.74) is 5.23. The second-order valence-electron chi connectivity index (χ2n) is 8.77. The normalized spacial score (nSPS) is 12.5. The van der Waals surface area contributed by atoms with Crippen LogP contribution in [0.5, 0.6) is 0 Å². The van der Waals surface area contributed by atoms with Crippen LogP contribution < -0.4 is 5.56 Å². The van der Waals surface area contributed by atoms with Crippen LogP contribution in [0.15, 0.2) is 56.8 Å². The molecule has 0 fully saturated rings. The van der Waals surface area contributed by atoms with E-state index in [0.29, 0.717) is 16.7 Å². The molecule has 4 aromatic rings. The van der Waals surface area contributed by atoms with E-state index >= 15 is 0 Å². The molecule has 0 bridgehead atoms. The molecule has 0 saturated carbocycles. The van der Waals surface area contributed by atoms with E-state index in [1.807, 2.05) is 52.0 Å². The molecule has 4 rings (SSSR count). The SMILES string of the molecule is CC[C@@H](C)c1nc2ccc(Br)cc2c(=O)n1N=Cc1cc(C)n(-c2ccc(C(=O)O)cc2C)c1C. The highest BCUT2D eigenvalue weighted by Crippen LogP contribution is 2.24. The number of fused-ring (bicyclic) bond motifs is 1. The van der Waals surface area contributed by atoms with Crippen LogP contribution >= 0.6 is 15.9 Å². The third-order valence-electron chi connectivity index (χ3n) is 6.35. The van der Waals surface area contributed by atoms with Crippen molar-refractivity contribution in [3.63, 3.8) is 0 Å². The van der Waals surface area contributed by atoms with E-state index in [4.69, 9.17) is 4.98 Å². The molecule has 2 aromatic heterocycles. The van der Waals surface area contributed by atoms with Crippen LogP contribution in [-0.2, 0) is 0 Å². The molecule has 35 heavy (non-hydrogen) atoms. The highest BCUT2D eigenvalue weighted by atomic mass is 79.9. The molecule has 0 saturated heterocycles. The van der Waals surface area contributed by atoms with Crippen LogP contribution in [0.4, 0.5) is 0 Å². The zero-order valence-electron chi connectivity index (χ0n) is 20.3. The van der Waals surface area contributed by atoms with Gasteiger partial charge in [0.2, 0.25) is 0 Å². The van der Waals surface area contributed by atoms with E-state index in [0.717, 1.165) is 39.1 Å². The number of aryl methyl sites for hydroxylation is 2. The van der Waals surface area contributed by atoms with Gasteiger partial charge in [-0.3, -0.25) is 4.79 Å². The maximum Gasteiger partial charge on any atom is 0.335 e. The molecule has 1 atom stereocenters. The molecule has 0 radical (unpaired) electrons. The Balaban J connectivity index is 1.83. The Morgan fingerprint density at radius 3 is 2.57 bits per heavy atom. The van der Waals surface area contributed by atoms with Gasteiger partial charge in [-0.15, -0.1) is 0 Å². The maximum absolute atomic E-state index is 13.4. The number of carbonyl (C=O) groups is 1. The summed E-state index contributed by atoms with van der Waals surface area (Å²) in [5, 5.41) is 14.4. The Morgan fingerprint density at radius 2 is 1.91 bits per heavy atom. The number of nitrogens with zero attached hydrogens (tertiary/aromatic N) is 4. The predicted octanol–water partition coefficient (Wildman–Crippen LogP) is 5.97. The fourth-order valence-electron chi connectivity index (χ4n) is 4.23. The molecule has 2 aromatic carbocycles. The summed E-state index contributed by atoms with van der Waals surface area (Å²) in [6.07, 6.45) is 2.52. The summed E-state index contributed by atoms with van der Waals surface area (Å²) in [6, 6.07) is 12.6. The lowest BCUT2D eigenvalue weighted by Gasteiger charge is -2.14. The van der Waals surface area contributed by atoms with Crippen LogP contribution in [0.2, 0.25) is 0 Å². The van der Waals surface area contributed by atoms with Crippen molar-refractivity contribution in [1.29, 1.82) is 0 Å². The number of aromatic carboxylic acids is 1. The number of halogens is 1. The van der Waals surface area contributed by atoms with Crippen molar-refractivity contribution < 1.29 is 9.90 Å². The van der Waals surface area contributed by atoms with E-state index in [1.165, 1.54) is 4.68 Å². The molecule has 0 amide bonds. The lowest BCUT2D eigenvalue weighted by Crippen LogP contribution is -2.23. The Hall–Kier alpha value is -3.52. The van der Waals surface area contributed by atoms with E-state index in [-0.39, 0.29) is 17.0 Å². The highest BCUT2D eigenvalue weighted by molar-refractivity contribution is 9.10. The second-order valence-corrected chi connectivity index (χ2v) is 9.69. The number of aromatic nitrogens is 3. The number of hydrogen-bond donors (Lipinski definition) is 1. The van der Waals surface area contributed by atoms with E-state index in [1.54, 1.807) is 24.4 Å². The Kier molecular flexibility index (Phi) is 6.76. The standard InChI is InChI=1S/C27H27BrN4O3/c1-6-15(2)25-30-23-9-8-21(28)13-22(23)26(33)32(25)29-14-20-12-17(4)31(18(20)5)24-10-7-19(27(34)35)11-16(24)3/h7-15H,6H2,1-5H3,(H,34,35)/t15-/m1/s1. The van der Waals surface area contributed by atoms with Gasteiger partial charge in [-0.1, -0.05) is 29.8 Å². The van der Waals surface area contributed by atoms with Gasteiger partial charge in [0.05, 0.1) is 22.7 Å². The van der Waals surface area contributed by atoms with Crippen molar-refractivity contribution in [2.45, 2.75) is 47.0 Å². The third-order valence-corrected chi connectivity index (χ3v) is 6.85. The van der Waals surface area contributed by atoms with Crippen molar-refractivity contribution >= 4 is 39.0 Å².